The molecule has 102 valence electrons. The Bertz CT molecular complexity index is 363. The molecule has 1 atom stereocenters. The van der Waals surface area contributed by atoms with Crippen molar-refractivity contribution in [1.29, 1.82) is 0 Å². The van der Waals surface area contributed by atoms with E-state index in [1.165, 1.54) is 0 Å². The van der Waals surface area contributed by atoms with Gasteiger partial charge in [-0.1, -0.05) is 0 Å². The number of amides is 2. The zero-order chi connectivity index (χ0) is 13.4. The number of hydrogen-bond donors (Lipinski definition) is 3. The van der Waals surface area contributed by atoms with Crippen LogP contribution in [0.2, 0.25) is 0 Å². The van der Waals surface area contributed by atoms with E-state index in [-0.39, 0.29) is 11.6 Å². The minimum absolute atomic E-state index is 0.0401. The van der Waals surface area contributed by atoms with Gasteiger partial charge in [0.1, 0.15) is 5.54 Å². The third kappa shape index (κ3) is 2.93. The number of carboxylic acids is 1. The van der Waals surface area contributed by atoms with Gasteiger partial charge in [-0.25, -0.2) is 9.59 Å². The molecule has 0 aromatic carbocycles. The first-order chi connectivity index (χ1) is 8.33. The molecule has 2 amide bonds. The first-order valence-electron chi connectivity index (χ1n) is 6.29. The van der Waals surface area contributed by atoms with Crippen molar-refractivity contribution in [3.05, 3.63) is 0 Å². The first kappa shape index (κ1) is 13.1. The topological polar surface area (TPSA) is 87.7 Å². The Morgan fingerprint density at radius 2 is 2.00 bits per heavy atom. The Labute approximate surface area is 106 Å². The SMILES string of the molecule is CC1(C)CC(NC(=O)NC2(C(=O)O)CC2)CCO1. The Balaban J connectivity index is 1.83. The van der Waals surface area contributed by atoms with Gasteiger partial charge in [0.15, 0.2) is 0 Å². The molecule has 0 aromatic rings. The predicted octanol–water partition coefficient (Wildman–Crippen LogP) is 0.860. The van der Waals surface area contributed by atoms with E-state index in [0.717, 1.165) is 12.8 Å². The zero-order valence-electron chi connectivity index (χ0n) is 10.8. The zero-order valence-corrected chi connectivity index (χ0v) is 10.8. The average molecular weight is 256 g/mol. The summed E-state index contributed by atoms with van der Waals surface area (Å²) in [6.07, 6.45) is 2.52. The molecule has 1 aliphatic carbocycles. The highest BCUT2D eigenvalue weighted by molar-refractivity contribution is 5.89. The number of urea groups is 1. The molecule has 1 saturated heterocycles. The molecular weight excluding hydrogens is 236 g/mol. The third-order valence-electron chi connectivity index (χ3n) is 3.54. The Morgan fingerprint density at radius 1 is 1.33 bits per heavy atom. The van der Waals surface area contributed by atoms with E-state index in [0.29, 0.717) is 19.4 Å². The molecule has 2 aliphatic rings. The van der Waals surface area contributed by atoms with E-state index in [1.54, 1.807) is 0 Å². The highest BCUT2D eigenvalue weighted by Gasteiger charge is 2.51. The first-order valence-corrected chi connectivity index (χ1v) is 6.29. The predicted molar refractivity (Wildman–Crippen MR) is 64.3 cm³/mol. The fourth-order valence-corrected chi connectivity index (χ4v) is 2.31. The van der Waals surface area contributed by atoms with Gasteiger partial charge in [-0.3, -0.25) is 0 Å². The molecular formula is C12H20N2O4. The molecule has 6 heteroatoms. The van der Waals surface area contributed by atoms with Gasteiger partial charge < -0.3 is 20.5 Å². The minimum atomic E-state index is -1.02. The molecule has 0 spiro atoms. The molecule has 1 saturated carbocycles. The van der Waals surface area contributed by atoms with Crippen LogP contribution in [0, 0.1) is 0 Å². The second-order valence-corrected chi connectivity index (χ2v) is 5.78. The smallest absolute Gasteiger partial charge is 0.329 e. The van der Waals surface area contributed by atoms with Crippen LogP contribution in [0.5, 0.6) is 0 Å². The van der Waals surface area contributed by atoms with Gasteiger partial charge >= 0.3 is 12.0 Å². The fraction of sp³-hybridized carbons (Fsp3) is 0.833. The van der Waals surface area contributed by atoms with E-state index in [4.69, 9.17) is 9.84 Å². The van der Waals surface area contributed by atoms with Gasteiger partial charge in [-0.2, -0.15) is 0 Å². The van der Waals surface area contributed by atoms with Crippen LogP contribution in [0.25, 0.3) is 0 Å². The lowest BCUT2D eigenvalue weighted by molar-refractivity contribution is -0.140. The Hall–Kier alpha value is -1.30. The summed E-state index contributed by atoms with van der Waals surface area (Å²) in [5.74, 6) is -0.954. The number of carbonyl (C=O) groups is 2. The maximum atomic E-state index is 11.8. The molecule has 2 rings (SSSR count). The van der Waals surface area contributed by atoms with Gasteiger partial charge in [-0.15, -0.1) is 0 Å². The van der Waals surface area contributed by atoms with Crippen molar-refractivity contribution in [2.45, 2.75) is 56.7 Å². The summed E-state index contributed by atoms with van der Waals surface area (Å²) < 4.78 is 5.56. The molecule has 0 radical (unpaired) electrons. The Kier molecular flexibility index (Phi) is 3.23. The summed E-state index contributed by atoms with van der Waals surface area (Å²) in [6, 6.07) is -0.351. The van der Waals surface area contributed by atoms with Crippen molar-refractivity contribution >= 4 is 12.0 Å². The largest absolute Gasteiger partial charge is 0.480 e. The lowest BCUT2D eigenvalue weighted by Crippen LogP contribution is -2.53. The number of carbonyl (C=O) groups excluding carboxylic acids is 1. The average Bonchev–Trinajstić information content (AvgIpc) is 2.96. The van der Waals surface area contributed by atoms with Gasteiger partial charge in [0.25, 0.3) is 0 Å². The number of aliphatic carboxylic acids is 1. The fourth-order valence-electron chi connectivity index (χ4n) is 2.31. The molecule has 1 aliphatic heterocycles. The molecule has 6 nitrogen and oxygen atoms in total. The van der Waals surface area contributed by atoms with Gasteiger partial charge in [-0.05, 0) is 39.5 Å². The van der Waals surface area contributed by atoms with E-state index in [2.05, 4.69) is 10.6 Å². The normalized spacial score (nSPS) is 28.2. The lowest BCUT2D eigenvalue weighted by atomic mass is 9.94. The number of carboxylic acid groups (broad SMARTS) is 1. The van der Waals surface area contributed by atoms with Crippen LogP contribution in [0.3, 0.4) is 0 Å². The monoisotopic (exact) mass is 256 g/mol. The van der Waals surface area contributed by atoms with Crippen LogP contribution in [0.4, 0.5) is 4.79 Å². The van der Waals surface area contributed by atoms with E-state index in [1.807, 2.05) is 13.8 Å². The van der Waals surface area contributed by atoms with Crippen molar-refractivity contribution in [3.8, 4) is 0 Å². The molecule has 0 aromatic heterocycles. The minimum Gasteiger partial charge on any atom is -0.480 e. The van der Waals surface area contributed by atoms with Crippen LogP contribution in [0.15, 0.2) is 0 Å². The standard InChI is InChI=1S/C12H20N2O4/c1-11(2)7-8(3-6-18-11)13-10(17)14-12(4-5-12)9(15)16/h8H,3-7H2,1-2H3,(H,15,16)(H2,13,14,17). The summed E-state index contributed by atoms with van der Waals surface area (Å²) in [7, 11) is 0. The summed E-state index contributed by atoms with van der Waals surface area (Å²) in [5.41, 5.74) is -1.26. The van der Waals surface area contributed by atoms with E-state index >= 15 is 0 Å². The second kappa shape index (κ2) is 4.42. The van der Waals surface area contributed by atoms with Crippen LogP contribution >= 0.6 is 0 Å². The third-order valence-corrected chi connectivity index (χ3v) is 3.54. The van der Waals surface area contributed by atoms with Crippen molar-refractivity contribution < 1.29 is 19.4 Å². The van der Waals surface area contributed by atoms with Crippen LogP contribution in [-0.2, 0) is 9.53 Å². The lowest BCUT2D eigenvalue weighted by Gasteiger charge is -2.35. The molecule has 1 heterocycles. The van der Waals surface area contributed by atoms with E-state index in [9.17, 15) is 9.59 Å². The molecule has 0 bridgehead atoms. The van der Waals surface area contributed by atoms with Gasteiger partial charge in [0.2, 0.25) is 0 Å². The van der Waals surface area contributed by atoms with Crippen LogP contribution in [-0.4, -0.2) is 40.9 Å². The number of hydrogen-bond acceptors (Lipinski definition) is 3. The van der Waals surface area contributed by atoms with E-state index < -0.39 is 17.5 Å². The van der Waals surface area contributed by atoms with Gasteiger partial charge in [0, 0.05) is 12.6 Å². The summed E-state index contributed by atoms with van der Waals surface area (Å²) in [4.78, 5) is 22.7. The molecule has 3 N–H and O–H groups in total. The Morgan fingerprint density at radius 3 is 2.50 bits per heavy atom. The van der Waals surface area contributed by atoms with Crippen molar-refractivity contribution in [3.63, 3.8) is 0 Å². The number of rotatable bonds is 3. The summed E-state index contributed by atoms with van der Waals surface area (Å²) in [6.45, 7) is 4.58. The van der Waals surface area contributed by atoms with Crippen LogP contribution < -0.4 is 10.6 Å². The quantitative estimate of drug-likeness (QED) is 0.699. The van der Waals surface area contributed by atoms with Crippen molar-refractivity contribution in [2.24, 2.45) is 0 Å². The molecule has 2 fully saturated rings. The highest BCUT2D eigenvalue weighted by atomic mass is 16.5. The van der Waals surface area contributed by atoms with Gasteiger partial charge in [0.05, 0.1) is 5.60 Å². The maximum absolute atomic E-state index is 11.8. The maximum Gasteiger partial charge on any atom is 0.329 e. The highest BCUT2D eigenvalue weighted by Crippen LogP contribution is 2.35. The molecule has 18 heavy (non-hydrogen) atoms. The number of ether oxygens (including phenoxy) is 1. The van der Waals surface area contributed by atoms with Crippen molar-refractivity contribution in [2.75, 3.05) is 6.61 Å². The second-order valence-electron chi connectivity index (χ2n) is 5.78. The molecule has 1 unspecified atom stereocenters. The van der Waals surface area contributed by atoms with Crippen molar-refractivity contribution in [1.82, 2.24) is 10.6 Å². The summed E-state index contributed by atoms with van der Waals surface area (Å²) in [5, 5.41) is 14.4. The summed E-state index contributed by atoms with van der Waals surface area (Å²) >= 11 is 0. The van der Waals surface area contributed by atoms with Crippen LogP contribution in [0.1, 0.15) is 39.5 Å². The number of nitrogens with one attached hydrogen (secondary N) is 2.